The van der Waals surface area contributed by atoms with E-state index in [1.165, 1.54) is 5.56 Å². The number of nitrogens with zero attached hydrogens (tertiary/aromatic N) is 7. The fourth-order valence-electron chi connectivity index (χ4n) is 4.45. The highest BCUT2D eigenvalue weighted by Gasteiger charge is 2.37. The Morgan fingerprint density at radius 2 is 1.17 bits per heavy atom. The minimum absolute atomic E-state index is 0.156. The van der Waals surface area contributed by atoms with Crippen LogP contribution in [0.15, 0.2) is 49.1 Å². The van der Waals surface area contributed by atoms with Crippen LogP contribution in [0, 0.1) is 6.92 Å². The molecule has 0 amide bonds. The van der Waals surface area contributed by atoms with E-state index in [1.807, 2.05) is 36.9 Å². The Hall–Kier alpha value is -3.35. The lowest BCUT2D eigenvalue weighted by atomic mass is 10.1. The van der Waals surface area contributed by atoms with Crippen molar-refractivity contribution in [3.8, 4) is 0 Å². The smallest absolute Gasteiger partial charge is 0.153 e. The van der Waals surface area contributed by atoms with Crippen molar-refractivity contribution >= 4 is 34.4 Å². The van der Waals surface area contributed by atoms with Crippen molar-refractivity contribution in [1.82, 2.24) is 15.0 Å². The first-order chi connectivity index (χ1) is 14.0. The summed E-state index contributed by atoms with van der Waals surface area (Å²) in [6.07, 6.45) is 7.92. The van der Waals surface area contributed by atoms with Crippen LogP contribution in [0.4, 0.5) is 34.4 Å². The molecular weight excluding hydrogens is 362 g/mol. The second-order valence-electron chi connectivity index (χ2n) is 7.72. The predicted octanol–water partition coefficient (Wildman–Crippen LogP) is 4.05. The van der Waals surface area contributed by atoms with Gasteiger partial charge in [0.25, 0.3) is 0 Å². The molecule has 29 heavy (non-hydrogen) atoms. The third-order valence-corrected chi connectivity index (χ3v) is 6.27. The third-order valence-electron chi connectivity index (χ3n) is 6.27. The van der Waals surface area contributed by atoms with Gasteiger partial charge in [-0.2, -0.15) is 0 Å². The standard InChI is InChI=1S/C22H25N7/c1-14-19(28-15(2)26(4)21-17(28)8-6-10-24-21)12-23-13-20(14)29-16(3)27(5)22-18(29)9-7-11-25-22/h6-13,15-16H,1-5H3/t15-,16+. The molecule has 7 nitrogen and oxygen atoms in total. The van der Waals surface area contributed by atoms with Gasteiger partial charge in [-0.3, -0.25) is 4.98 Å². The quantitative estimate of drug-likeness (QED) is 0.657. The largest absolute Gasteiger partial charge is 0.337 e. The van der Waals surface area contributed by atoms with Gasteiger partial charge >= 0.3 is 0 Å². The molecule has 5 rings (SSSR count). The van der Waals surface area contributed by atoms with Crippen molar-refractivity contribution in [1.29, 1.82) is 0 Å². The van der Waals surface area contributed by atoms with Crippen LogP contribution in [0.1, 0.15) is 19.4 Å². The van der Waals surface area contributed by atoms with E-state index >= 15 is 0 Å². The van der Waals surface area contributed by atoms with E-state index in [-0.39, 0.29) is 12.3 Å². The number of anilines is 6. The number of pyridine rings is 3. The second kappa shape index (κ2) is 6.34. The molecule has 2 atom stereocenters. The van der Waals surface area contributed by atoms with Crippen molar-refractivity contribution in [3.63, 3.8) is 0 Å². The molecule has 0 bridgehead atoms. The molecule has 3 aromatic rings. The van der Waals surface area contributed by atoms with Crippen LogP contribution >= 0.6 is 0 Å². The molecule has 0 unspecified atom stereocenters. The van der Waals surface area contributed by atoms with Gasteiger partial charge in [-0.15, -0.1) is 0 Å². The zero-order valence-electron chi connectivity index (χ0n) is 17.4. The van der Waals surface area contributed by atoms with Gasteiger partial charge in [-0.25, -0.2) is 9.97 Å². The SMILES string of the molecule is Cc1c(N2c3cccnc3N(C)[C@H]2C)cncc1N1c2cccnc2N(C)[C@@H]1C. The molecule has 0 radical (unpaired) electrons. The van der Waals surface area contributed by atoms with Crippen LogP contribution in [-0.4, -0.2) is 41.4 Å². The molecular formula is C22H25N7. The highest BCUT2D eigenvalue weighted by Crippen LogP contribution is 2.47. The maximum absolute atomic E-state index is 4.64. The number of hydrogen-bond donors (Lipinski definition) is 0. The van der Waals surface area contributed by atoms with Gasteiger partial charge in [0, 0.05) is 26.5 Å². The number of hydrogen-bond acceptors (Lipinski definition) is 7. The molecule has 5 heterocycles. The Labute approximate surface area is 171 Å². The normalized spacial score (nSPS) is 20.3. The van der Waals surface area contributed by atoms with Crippen LogP contribution in [0.2, 0.25) is 0 Å². The Balaban J connectivity index is 1.64. The van der Waals surface area contributed by atoms with E-state index in [0.29, 0.717) is 0 Å². The molecule has 0 spiro atoms. The van der Waals surface area contributed by atoms with Crippen molar-refractivity contribution in [2.24, 2.45) is 0 Å². The minimum atomic E-state index is 0.156. The average Bonchev–Trinajstić information content (AvgIpc) is 3.14. The summed E-state index contributed by atoms with van der Waals surface area (Å²) >= 11 is 0. The second-order valence-corrected chi connectivity index (χ2v) is 7.72. The van der Waals surface area contributed by atoms with Gasteiger partial charge in [0.05, 0.1) is 35.1 Å². The fourth-order valence-corrected chi connectivity index (χ4v) is 4.45. The highest BCUT2D eigenvalue weighted by atomic mass is 15.4. The molecule has 2 aliphatic rings. The van der Waals surface area contributed by atoms with Gasteiger partial charge in [0.15, 0.2) is 11.6 Å². The van der Waals surface area contributed by atoms with Gasteiger partial charge in [0.2, 0.25) is 0 Å². The molecule has 0 fully saturated rings. The Morgan fingerprint density at radius 1 is 0.724 bits per heavy atom. The predicted molar refractivity (Wildman–Crippen MR) is 117 cm³/mol. The molecule has 0 saturated carbocycles. The topological polar surface area (TPSA) is 51.6 Å². The van der Waals surface area contributed by atoms with Gasteiger partial charge in [-0.1, -0.05) is 0 Å². The summed E-state index contributed by atoms with van der Waals surface area (Å²) < 4.78 is 0. The number of aromatic nitrogens is 3. The molecule has 0 aliphatic carbocycles. The summed E-state index contributed by atoms with van der Waals surface area (Å²) in [5.74, 6) is 1.99. The lowest BCUT2D eigenvalue weighted by Crippen LogP contribution is -2.37. The van der Waals surface area contributed by atoms with Crippen molar-refractivity contribution in [3.05, 3.63) is 54.6 Å². The van der Waals surface area contributed by atoms with E-state index in [9.17, 15) is 0 Å². The molecule has 0 aromatic carbocycles. The Morgan fingerprint density at radius 3 is 1.62 bits per heavy atom. The van der Waals surface area contributed by atoms with Crippen LogP contribution in [-0.2, 0) is 0 Å². The molecule has 0 N–H and O–H groups in total. The maximum Gasteiger partial charge on any atom is 0.153 e. The average molecular weight is 387 g/mol. The van der Waals surface area contributed by atoms with Gasteiger partial charge in [-0.05, 0) is 50.6 Å². The minimum Gasteiger partial charge on any atom is -0.337 e. The number of fused-ring (bicyclic) bond motifs is 2. The molecule has 148 valence electrons. The maximum atomic E-state index is 4.64. The van der Waals surface area contributed by atoms with E-state index in [0.717, 1.165) is 34.4 Å². The van der Waals surface area contributed by atoms with E-state index in [1.54, 1.807) is 0 Å². The molecule has 7 heteroatoms. The van der Waals surface area contributed by atoms with Crippen molar-refractivity contribution in [2.45, 2.75) is 33.1 Å². The first kappa shape index (κ1) is 17.7. The fraction of sp³-hybridized carbons (Fsp3) is 0.318. The lowest BCUT2D eigenvalue weighted by molar-refractivity contribution is 0.719. The van der Waals surface area contributed by atoms with Crippen LogP contribution in [0.3, 0.4) is 0 Å². The van der Waals surface area contributed by atoms with Gasteiger partial charge < -0.3 is 19.6 Å². The van der Waals surface area contributed by atoms with Gasteiger partial charge in [0.1, 0.15) is 12.3 Å². The monoisotopic (exact) mass is 387 g/mol. The van der Waals surface area contributed by atoms with E-state index < -0.39 is 0 Å². The summed E-state index contributed by atoms with van der Waals surface area (Å²) in [5.41, 5.74) is 5.60. The highest BCUT2D eigenvalue weighted by molar-refractivity contribution is 5.87. The van der Waals surface area contributed by atoms with Crippen LogP contribution in [0.25, 0.3) is 0 Å². The summed E-state index contributed by atoms with van der Waals surface area (Å²) in [4.78, 5) is 22.9. The Bertz CT molecular complexity index is 1000. The summed E-state index contributed by atoms with van der Waals surface area (Å²) in [6, 6.07) is 8.23. The summed E-state index contributed by atoms with van der Waals surface area (Å²) in [6.45, 7) is 6.56. The van der Waals surface area contributed by atoms with Crippen molar-refractivity contribution in [2.75, 3.05) is 33.7 Å². The van der Waals surface area contributed by atoms with E-state index in [4.69, 9.17) is 0 Å². The Kier molecular flexibility index (Phi) is 3.87. The zero-order valence-corrected chi connectivity index (χ0v) is 17.4. The molecule has 3 aromatic heterocycles. The first-order valence-corrected chi connectivity index (χ1v) is 9.89. The zero-order chi connectivity index (χ0) is 20.3. The lowest BCUT2D eigenvalue weighted by Gasteiger charge is -2.32. The first-order valence-electron chi connectivity index (χ1n) is 9.89. The summed E-state index contributed by atoms with van der Waals surface area (Å²) in [7, 11) is 4.17. The van der Waals surface area contributed by atoms with Crippen LogP contribution < -0.4 is 19.6 Å². The van der Waals surface area contributed by atoms with Crippen LogP contribution in [0.5, 0.6) is 0 Å². The molecule has 2 aliphatic heterocycles. The third kappa shape index (κ3) is 2.40. The van der Waals surface area contributed by atoms with Crippen molar-refractivity contribution < 1.29 is 0 Å². The van der Waals surface area contributed by atoms with E-state index in [2.05, 4.69) is 81.6 Å². The molecule has 0 saturated heterocycles. The summed E-state index contributed by atoms with van der Waals surface area (Å²) in [5, 5.41) is 0. The number of rotatable bonds is 2.